The Bertz CT molecular complexity index is 1260. The summed E-state index contributed by atoms with van der Waals surface area (Å²) in [5, 5.41) is 9.92. The molecule has 1 aliphatic rings. The molecule has 0 saturated heterocycles. The summed E-state index contributed by atoms with van der Waals surface area (Å²) < 4.78 is 28.2. The van der Waals surface area contributed by atoms with E-state index in [1.165, 1.54) is 35.6 Å². The molecular formula is C23H24ClN3O4S2. The molecule has 0 radical (unpaired) electrons. The van der Waals surface area contributed by atoms with Crippen LogP contribution in [0.1, 0.15) is 41.6 Å². The number of thiazole rings is 1. The highest BCUT2D eigenvalue weighted by atomic mass is 35.5. The molecule has 0 amide bonds. The second-order valence-electron chi connectivity index (χ2n) is 8.37. The summed E-state index contributed by atoms with van der Waals surface area (Å²) in [5.74, 6) is -0.669. The van der Waals surface area contributed by atoms with Crippen LogP contribution < -0.4 is 4.72 Å². The first kappa shape index (κ1) is 23.7. The molecule has 2 heterocycles. The zero-order chi connectivity index (χ0) is 23.8. The van der Waals surface area contributed by atoms with Crippen LogP contribution in [-0.4, -0.2) is 29.4 Å². The van der Waals surface area contributed by atoms with Gasteiger partial charge in [0.05, 0.1) is 23.1 Å². The number of halogens is 1. The molecule has 3 aromatic rings. The fraction of sp³-hybridized carbons (Fsp3) is 0.304. The lowest BCUT2D eigenvalue weighted by Gasteiger charge is -2.27. The molecule has 1 aromatic heterocycles. The Kier molecular flexibility index (Phi) is 6.76. The van der Waals surface area contributed by atoms with Crippen molar-refractivity contribution in [2.45, 2.75) is 44.3 Å². The molecule has 0 aliphatic carbocycles. The molecule has 33 heavy (non-hydrogen) atoms. The van der Waals surface area contributed by atoms with Crippen LogP contribution in [0.4, 0.5) is 5.13 Å². The van der Waals surface area contributed by atoms with Gasteiger partial charge in [-0.25, -0.2) is 13.4 Å². The molecule has 0 unspecified atom stereocenters. The molecule has 2 aromatic carbocycles. The van der Waals surface area contributed by atoms with Crippen molar-refractivity contribution >= 4 is 44.1 Å². The number of carbonyl (C=O) groups is 1. The normalized spacial score (nSPS) is 16.2. The third-order valence-corrected chi connectivity index (χ3v) is 8.20. The van der Waals surface area contributed by atoms with Crippen molar-refractivity contribution in [3.8, 4) is 0 Å². The van der Waals surface area contributed by atoms with Crippen LogP contribution in [0.25, 0.3) is 0 Å². The number of rotatable bonds is 8. The zero-order valence-electron chi connectivity index (χ0n) is 18.2. The number of benzene rings is 2. The van der Waals surface area contributed by atoms with Crippen LogP contribution in [-0.2, 0) is 34.3 Å². The number of carboxylic acids is 1. The van der Waals surface area contributed by atoms with Crippen molar-refractivity contribution in [2.24, 2.45) is 5.92 Å². The van der Waals surface area contributed by atoms with Crippen LogP contribution in [0.15, 0.2) is 53.4 Å². The minimum Gasteiger partial charge on any atom is -0.481 e. The van der Waals surface area contributed by atoms with E-state index in [4.69, 9.17) is 16.7 Å². The summed E-state index contributed by atoms with van der Waals surface area (Å²) in [6, 6.07) is 13.7. The first-order chi connectivity index (χ1) is 15.6. The Morgan fingerprint density at radius 2 is 1.82 bits per heavy atom. The summed E-state index contributed by atoms with van der Waals surface area (Å²) in [4.78, 5) is 18.9. The van der Waals surface area contributed by atoms with E-state index >= 15 is 0 Å². The van der Waals surface area contributed by atoms with E-state index < -0.39 is 16.0 Å². The van der Waals surface area contributed by atoms with Crippen LogP contribution in [0.5, 0.6) is 0 Å². The molecule has 4 rings (SSSR count). The minimum atomic E-state index is -3.83. The fourth-order valence-electron chi connectivity index (χ4n) is 4.06. The van der Waals surface area contributed by atoms with Gasteiger partial charge in [-0.2, -0.15) is 0 Å². The van der Waals surface area contributed by atoms with Gasteiger partial charge in [0.25, 0.3) is 10.0 Å². The quantitative estimate of drug-likeness (QED) is 0.450. The first-order valence-electron chi connectivity index (χ1n) is 10.4. The Morgan fingerprint density at radius 1 is 1.18 bits per heavy atom. The van der Waals surface area contributed by atoms with Gasteiger partial charge in [-0.05, 0) is 41.3 Å². The maximum Gasteiger partial charge on any atom is 0.307 e. The third kappa shape index (κ3) is 5.38. The van der Waals surface area contributed by atoms with Crippen LogP contribution in [0.3, 0.4) is 0 Å². The highest BCUT2D eigenvalue weighted by Crippen LogP contribution is 2.43. The molecule has 10 heteroatoms. The summed E-state index contributed by atoms with van der Waals surface area (Å²) in [6.07, 6.45) is -0.157. The van der Waals surface area contributed by atoms with E-state index in [0.29, 0.717) is 28.2 Å². The van der Waals surface area contributed by atoms with Crippen molar-refractivity contribution < 1.29 is 18.3 Å². The van der Waals surface area contributed by atoms with E-state index in [1.807, 2.05) is 24.3 Å². The van der Waals surface area contributed by atoms with Crippen molar-refractivity contribution in [1.82, 2.24) is 9.88 Å². The second-order valence-corrected chi connectivity index (χ2v) is 11.6. The molecule has 0 saturated carbocycles. The molecule has 0 bridgehead atoms. The molecule has 1 aliphatic heterocycles. The first-order valence-corrected chi connectivity index (χ1v) is 13.1. The highest BCUT2D eigenvalue weighted by Gasteiger charge is 2.36. The van der Waals surface area contributed by atoms with Crippen LogP contribution >= 0.6 is 22.9 Å². The van der Waals surface area contributed by atoms with E-state index in [1.54, 1.807) is 0 Å². The molecule has 0 spiro atoms. The smallest absolute Gasteiger partial charge is 0.307 e. The minimum absolute atomic E-state index is 0.0665. The number of aromatic nitrogens is 1. The van der Waals surface area contributed by atoms with Gasteiger partial charge in [0, 0.05) is 23.0 Å². The Morgan fingerprint density at radius 3 is 2.42 bits per heavy atom. The van der Waals surface area contributed by atoms with Gasteiger partial charge in [-0.3, -0.25) is 14.4 Å². The van der Waals surface area contributed by atoms with Crippen LogP contribution in [0, 0.1) is 5.92 Å². The second kappa shape index (κ2) is 9.42. The number of fused-ring (bicyclic) bond motifs is 1. The van der Waals surface area contributed by atoms with Gasteiger partial charge >= 0.3 is 5.97 Å². The third-order valence-electron chi connectivity index (χ3n) is 5.49. The van der Waals surface area contributed by atoms with E-state index in [9.17, 15) is 13.2 Å². The Hall–Kier alpha value is -2.46. The molecule has 1 atom stereocenters. The highest BCUT2D eigenvalue weighted by molar-refractivity contribution is 7.93. The summed E-state index contributed by atoms with van der Waals surface area (Å²) in [5.41, 5.74) is 2.61. The molecular weight excluding hydrogens is 482 g/mol. The predicted octanol–water partition coefficient (Wildman–Crippen LogP) is 4.94. The van der Waals surface area contributed by atoms with E-state index in [-0.39, 0.29) is 17.4 Å². The molecule has 174 valence electrons. The van der Waals surface area contributed by atoms with Crippen molar-refractivity contribution in [1.29, 1.82) is 0 Å². The monoisotopic (exact) mass is 505 g/mol. The summed E-state index contributed by atoms with van der Waals surface area (Å²) in [6.45, 7) is 5.73. The van der Waals surface area contributed by atoms with Gasteiger partial charge in [0.15, 0.2) is 5.13 Å². The van der Waals surface area contributed by atoms with Crippen molar-refractivity contribution in [2.75, 3.05) is 4.72 Å². The van der Waals surface area contributed by atoms with Gasteiger partial charge in [0.2, 0.25) is 0 Å². The molecule has 0 fully saturated rings. The number of carboxylic acid groups (broad SMARTS) is 1. The summed E-state index contributed by atoms with van der Waals surface area (Å²) >= 11 is 7.35. The van der Waals surface area contributed by atoms with Gasteiger partial charge in [0.1, 0.15) is 0 Å². The topological polar surface area (TPSA) is 99.6 Å². The lowest BCUT2D eigenvalue weighted by molar-refractivity contribution is -0.136. The van der Waals surface area contributed by atoms with Crippen LogP contribution in [0.2, 0.25) is 5.02 Å². The van der Waals surface area contributed by atoms with E-state index in [0.717, 1.165) is 22.7 Å². The number of hydrogen-bond acceptors (Lipinski definition) is 6. The number of anilines is 1. The average Bonchev–Trinajstić information content (AvgIpc) is 3.25. The molecule has 2 N–H and O–H groups in total. The predicted molar refractivity (Wildman–Crippen MR) is 129 cm³/mol. The SMILES string of the molecule is CC(C)[C@H]1c2nc(NS(=O)(=O)c3ccc(CC(=O)O)cc3)sc2CN1Cc1ccc(Cl)cc1. The van der Waals surface area contributed by atoms with Gasteiger partial charge < -0.3 is 5.11 Å². The average molecular weight is 506 g/mol. The van der Waals surface area contributed by atoms with Crippen molar-refractivity contribution in [3.63, 3.8) is 0 Å². The lowest BCUT2D eigenvalue weighted by Crippen LogP contribution is -2.26. The Balaban J connectivity index is 1.51. The number of nitrogens with zero attached hydrogens (tertiary/aromatic N) is 2. The number of nitrogens with one attached hydrogen (secondary N) is 1. The van der Waals surface area contributed by atoms with Gasteiger partial charge in [-0.15, -0.1) is 0 Å². The van der Waals surface area contributed by atoms with Gasteiger partial charge in [-0.1, -0.05) is 61.1 Å². The number of sulfonamides is 1. The molecule has 7 nitrogen and oxygen atoms in total. The maximum atomic E-state index is 12.8. The largest absolute Gasteiger partial charge is 0.481 e. The maximum absolute atomic E-state index is 12.8. The van der Waals surface area contributed by atoms with E-state index in [2.05, 4.69) is 28.5 Å². The zero-order valence-corrected chi connectivity index (χ0v) is 20.5. The lowest BCUT2D eigenvalue weighted by atomic mass is 10.0. The number of aliphatic carboxylic acids is 1. The fourth-order valence-corrected chi connectivity index (χ4v) is 6.45. The summed E-state index contributed by atoms with van der Waals surface area (Å²) in [7, 11) is -3.83. The van der Waals surface area contributed by atoms with Crippen molar-refractivity contribution in [3.05, 3.63) is 75.3 Å². The Labute approximate surface area is 202 Å². The number of hydrogen-bond donors (Lipinski definition) is 2. The standard InChI is InChI=1S/C23H24ClN3O4S2/c1-14(2)22-21-19(13-27(22)12-16-3-7-17(24)8-4-16)32-23(25-21)26-33(30,31)18-9-5-15(6-10-18)11-20(28)29/h3-10,14,22H,11-13H2,1-2H3,(H,25,26)(H,28,29)/t22-/m0/s1.